The van der Waals surface area contributed by atoms with E-state index in [4.69, 9.17) is 27.9 Å². The average Bonchev–Trinajstić information content (AvgIpc) is 3.02. The number of amides is 3. The van der Waals surface area contributed by atoms with Crippen LogP contribution in [-0.4, -0.2) is 67.0 Å². The molecule has 11 heteroatoms. The van der Waals surface area contributed by atoms with Crippen LogP contribution in [0.5, 0.6) is 5.75 Å². The summed E-state index contributed by atoms with van der Waals surface area (Å²) in [7, 11) is 5.19. The van der Waals surface area contributed by atoms with Crippen LogP contribution in [0.1, 0.15) is 34.1 Å². The number of aryl methyl sites for hydroxylation is 1. The van der Waals surface area contributed by atoms with Crippen molar-refractivity contribution >= 4 is 63.6 Å². The second-order valence-corrected chi connectivity index (χ2v) is 11.2. The summed E-state index contributed by atoms with van der Waals surface area (Å²) >= 11 is 13.2. The molecule has 0 aliphatic rings. The van der Waals surface area contributed by atoms with Gasteiger partial charge in [-0.1, -0.05) is 53.5 Å². The molecule has 0 spiro atoms. The van der Waals surface area contributed by atoms with E-state index < -0.39 is 5.91 Å². The van der Waals surface area contributed by atoms with Crippen molar-refractivity contribution in [2.45, 2.75) is 20.5 Å². The van der Waals surface area contributed by atoms with Crippen LogP contribution in [0.25, 0.3) is 17.0 Å². The van der Waals surface area contributed by atoms with Gasteiger partial charge in [0.05, 0.1) is 17.3 Å². The van der Waals surface area contributed by atoms with E-state index in [1.807, 2.05) is 58.3 Å². The van der Waals surface area contributed by atoms with Gasteiger partial charge in [-0.3, -0.25) is 19.4 Å². The zero-order chi connectivity index (χ0) is 32.7. The van der Waals surface area contributed by atoms with Crippen LogP contribution >= 0.6 is 23.2 Å². The lowest BCUT2D eigenvalue weighted by atomic mass is 10.1. The average molecular weight is 649 g/mol. The number of hydrogen-bond acceptors (Lipinski definition) is 6. The lowest BCUT2D eigenvalue weighted by molar-refractivity contribution is -0.122. The molecule has 1 aromatic heterocycles. The van der Waals surface area contributed by atoms with E-state index in [9.17, 15) is 14.4 Å². The largest absolute Gasteiger partial charge is 0.487 e. The molecular weight excluding hydrogens is 613 g/mol. The summed E-state index contributed by atoms with van der Waals surface area (Å²) in [6.45, 7) is 4.17. The van der Waals surface area contributed by atoms with Crippen molar-refractivity contribution in [3.63, 3.8) is 0 Å². The number of hydrazine groups is 1. The predicted octanol–water partition coefficient (Wildman–Crippen LogP) is 6.16. The molecule has 9 nitrogen and oxygen atoms in total. The highest BCUT2D eigenvalue weighted by molar-refractivity contribution is 6.38. The molecule has 4 rings (SSSR count). The predicted molar refractivity (Wildman–Crippen MR) is 180 cm³/mol. The van der Waals surface area contributed by atoms with Crippen molar-refractivity contribution in [1.29, 1.82) is 0 Å². The topological polar surface area (TPSA) is 95.1 Å². The SMILES string of the molecule is CCN(C(=O)c1ccc(C=CC(=O)NCC(=O)N(C)c2ccc(Cl)c(COc3cccc4ccc(C)nc34)c2Cl)cc1)N(C)C. The van der Waals surface area contributed by atoms with Crippen molar-refractivity contribution < 1.29 is 19.1 Å². The number of aromatic nitrogens is 1. The van der Waals surface area contributed by atoms with Gasteiger partial charge >= 0.3 is 0 Å². The molecule has 45 heavy (non-hydrogen) atoms. The fourth-order valence-electron chi connectivity index (χ4n) is 4.60. The van der Waals surface area contributed by atoms with E-state index in [0.29, 0.717) is 34.1 Å². The van der Waals surface area contributed by atoms with Crippen molar-refractivity contribution in [2.24, 2.45) is 0 Å². The van der Waals surface area contributed by atoms with Gasteiger partial charge in [0.15, 0.2) is 0 Å². The van der Waals surface area contributed by atoms with E-state index >= 15 is 0 Å². The Morgan fingerprint density at radius 2 is 1.69 bits per heavy atom. The van der Waals surface area contributed by atoms with Crippen LogP contribution in [0.4, 0.5) is 5.69 Å². The lowest BCUT2D eigenvalue weighted by Gasteiger charge is -2.27. The van der Waals surface area contributed by atoms with Gasteiger partial charge in [-0.25, -0.2) is 9.99 Å². The third-order valence-electron chi connectivity index (χ3n) is 7.11. The van der Waals surface area contributed by atoms with Crippen molar-refractivity contribution in [1.82, 2.24) is 20.3 Å². The third kappa shape index (κ3) is 8.19. The first kappa shape index (κ1) is 33.5. The Morgan fingerprint density at radius 1 is 0.956 bits per heavy atom. The van der Waals surface area contributed by atoms with Gasteiger partial charge in [0.1, 0.15) is 17.9 Å². The molecule has 0 unspecified atom stereocenters. The van der Waals surface area contributed by atoms with Crippen LogP contribution in [0.3, 0.4) is 0 Å². The molecule has 0 fully saturated rings. The van der Waals surface area contributed by atoms with Crippen LogP contribution in [0.2, 0.25) is 10.0 Å². The second-order valence-electron chi connectivity index (χ2n) is 10.4. The number of nitrogens with one attached hydrogen (secondary N) is 1. The van der Waals surface area contributed by atoms with E-state index in [1.165, 1.54) is 11.0 Å². The number of benzene rings is 3. The molecule has 3 amide bonds. The number of ether oxygens (including phenoxy) is 1. The van der Waals surface area contributed by atoms with Gasteiger partial charge in [-0.15, -0.1) is 0 Å². The molecule has 3 aromatic carbocycles. The van der Waals surface area contributed by atoms with Gasteiger partial charge in [0.25, 0.3) is 5.91 Å². The fraction of sp³-hybridized carbons (Fsp3) is 0.235. The van der Waals surface area contributed by atoms with Crippen LogP contribution in [0.15, 0.2) is 72.8 Å². The quantitative estimate of drug-likeness (QED) is 0.155. The summed E-state index contributed by atoms with van der Waals surface area (Å²) in [6, 6.07) is 19.8. The molecular formula is C34H35Cl2N5O4. The minimum absolute atomic E-state index is 0.0610. The molecule has 4 aromatic rings. The minimum Gasteiger partial charge on any atom is -0.487 e. The maximum atomic E-state index is 13.0. The Morgan fingerprint density at radius 3 is 2.38 bits per heavy atom. The summed E-state index contributed by atoms with van der Waals surface area (Å²) in [4.78, 5) is 44.0. The zero-order valence-electron chi connectivity index (χ0n) is 25.8. The number of para-hydroxylation sites is 1. The molecule has 234 valence electrons. The minimum atomic E-state index is -0.447. The Bertz CT molecular complexity index is 1740. The fourth-order valence-corrected chi connectivity index (χ4v) is 5.21. The highest BCUT2D eigenvalue weighted by atomic mass is 35.5. The van der Waals surface area contributed by atoms with Crippen LogP contribution < -0.4 is 15.0 Å². The smallest absolute Gasteiger partial charge is 0.268 e. The number of likely N-dealkylation sites (N-methyl/N-ethyl adjacent to an activating group) is 1. The number of anilines is 1. The van der Waals surface area contributed by atoms with Crippen LogP contribution in [-0.2, 0) is 16.2 Å². The standard InChI is InChI=1S/C34H35Cl2N5O4/c1-6-41(39(3)4)34(44)25-15-11-23(12-16-25)13-19-30(42)37-20-31(43)40(5)28-18-17-27(35)26(32(28)36)21-45-29-9-7-8-24-14-10-22(2)38-33(24)29/h7-19H,6,20-21H2,1-5H3,(H,37,42). The first-order chi connectivity index (χ1) is 21.5. The number of nitrogens with zero attached hydrogens (tertiary/aromatic N) is 4. The number of fused-ring (bicyclic) bond motifs is 1. The molecule has 0 bridgehead atoms. The van der Waals surface area contributed by atoms with E-state index in [0.717, 1.165) is 22.2 Å². The Kier molecular flexibility index (Phi) is 11.2. The van der Waals surface area contributed by atoms with Crippen molar-refractivity contribution in [2.75, 3.05) is 39.1 Å². The highest BCUT2D eigenvalue weighted by Crippen LogP contribution is 2.35. The van der Waals surface area contributed by atoms with E-state index in [-0.39, 0.29) is 30.0 Å². The molecule has 0 aliphatic heterocycles. The Labute approximate surface area is 273 Å². The summed E-state index contributed by atoms with van der Waals surface area (Å²) < 4.78 is 6.08. The maximum absolute atomic E-state index is 13.0. The molecule has 0 saturated carbocycles. The van der Waals surface area contributed by atoms with Crippen molar-refractivity contribution in [3.8, 4) is 5.75 Å². The summed E-state index contributed by atoms with van der Waals surface area (Å²) in [5.41, 5.74) is 3.81. The van der Waals surface area contributed by atoms with E-state index in [1.54, 1.807) is 59.5 Å². The normalized spacial score (nSPS) is 11.2. The van der Waals surface area contributed by atoms with Gasteiger partial charge in [0, 0.05) is 61.0 Å². The Balaban J connectivity index is 1.36. The number of halogens is 2. The van der Waals surface area contributed by atoms with Gasteiger partial charge in [-0.05, 0) is 61.9 Å². The zero-order valence-corrected chi connectivity index (χ0v) is 27.3. The highest BCUT2D eigenvalue weighted by Gasteiger charge is 2.20. The number of carbonyl (C=O) groups excluding carboxylic acids is 3. The van der Waals surface area contributed by atoms with Gasteiger partial charge in [0.2, 0.25) is 11.8 Å². The number of pyridine rings is 1. The number of rotatable bonds is 11. The summed E-state index contributed by atoms with van der Waals surface area (Å²) in [5, 5.41) is 7.55. The van der Waals surface area contributed by atoms with Crippen LogP contribution in [0, 0.1) is 6.92 Å². The lowest BCUT2D eigenvalue weighted by Crippen LogP contribution is -2.41. The molecule has 0 radical (unpaired) electrons. The Hall–Kier alpha value is -4.44. The molecule has 0 aliphatic carbocycles. The summed E-state index contributed by atoms with van der Waals surface area (Å²) in [5.74, 6) is -0.357. The monoisotopic (exact) mass is 647 g/mol. The number of hydrogen-bond donors (Lipinski definition) is 1. The second kappa shape index (κ2) is 15.0. The molecule has 1 N–H and O–H groups in total. The van der Waals surface area contributed by atoms with Gasteiger partial charge < -0.3 is 15.0 Å². The number of carbonyl (C=O) groups is 3. The molecule has 1 heterocycles. The van der Waals surface area contributed by atoms with E-state index in [2.05, 4.69) is 10.3 Å². The third-order valence-corrected chi connectivity index (χ3v) is 7.89. The summed E-state index contributed by atoms with van der Waals surface area (Å²) in [6.07, 6.45) is 2.94. The first-order valence-electron chi connectivity index (χ1n) is 14.3. The van der Waals surface area contributed by atoms with Crippen molar-refractivity contribution in [3.05, 3.63) is 105 Å². The van der Waals surface area contributed by atoms with Gasteiger partial charge in [-0.2, -0.15) is 0 Å². The maximum Gasteiger partial charge on any atom is 0.268 e. The molecule has 0 atom stereocenters. The first-order valence-corrected chi connectivity index (χ1v) is 15.0. The molecule has 0 saturated heterocycles.